The Bertz CT molecular complexity index is 494. The molecule has 0 radical (unpaired) electrons. The van der Waals surface area contributed by atoms with Crippen LogP contribution in [-0.2, 0) is 9.59 Å². The lowest BCUT2D eigenvalue weighted by molar-refractivity contribution is -0.123. The van der Waals surface area contributed by atoms with Crippen LogP contribution in [0, 0.1) is 5.92 Å². The van der Waals surface area contributed by atoms with E-state index < -0.39 is 5.91 Å². The third-order valence-corrected chi connectivity index (χ3v) is 3.82. The number of benzene rings is 1. The molecule has 2 rings (SSSR count). The first-order valence-corrected chi connectivity index (χ1v) is 7.01. The van der Waals surface area contributed by atoms with Crippen molar-refractivity contribution in [2.75, 3.05) is 29.4 Å². The highest BCUT2D eigenvalue weighted by atomic mass is 16.2. The minimum atomic E-state index is -0.402. The molecule has 2 amide bonds. The number of carbonyl (C=O) groups is 2. The summed E-state index contributed by atoms with van der Waals surface area (Å²) in [5.74, 6) is -0.810. The highest BCUT2D eigenvalue weighted by Crippen LogP contribution is 2.27. The monoisotopic (exact) mass is 275 g/mol. The van der Waals surface area contributed by atoms with E-state index in [1.807, 2.05) is 24.3 Å². The zero-order chi connectivity index (χ0) is 14.7. The van der Waals surface area contributed by atoms with Gasteiger partial charge in [-0.3, -0.25) is 9.59 Å². The second kappa shape index (κ2) is 5.94. The first-order chi connectivity index (χ1) is 9.56. The number of amides is 2. The number of hydrogen-bond acceptors (Lipinski definition) is 3. The van der Waals surface area contributed by atoms with Crippen molar-refractivity contribution < 1.29 is 9.59 Å². The molecule has 0 spiro atoms. The van der Waals surface area contributed by atoms with Gasteiger partial charge in [0, 0.05) is 37.4 Å². The summed E-state index contributed by atoms with van der Waals surface area (Å²) in [5, 5.41) is 0. The van der Waals surface area contributed by atoms with Crippen molar-refractivity contribution in [3.63, 3.8) is 0 Å². The lowest BCUT2D eigenvalue weighted by Crippen LogP contribution is -2.28. The summed E-state index contributed by atoms with van der Waals surface area (Å²) >= 11 is 0. The van der Waals surface area contributed by atoms with Gasteiger partial charge in [-0.25, -0.2) is 0 Å². The van der Waals surface area contributed by atoms with Gasteiger partial charge in [-0.15, -0.1) is 0 Å². The Balaban J connectivity index is 2.14. The molecular weight excluding hydrogens is 254 g/mol. The van der Waals surface area contributed by atoms with Crippen LogP contribution in [0.3, 0.4) is 0 Å². The number of rotatable bonds is 5. The summed E-state index contributed by atoms with van der Waals surface area (Å²) in [5.41, 5.74) is 7.24. The fourth-order valence-corrected chi connectivity index (χ4v) is 2.58. The molecule has 20 heavy (non-hydrogen) atoms. The first kappa shape index (κ1) is 14.4. The molecule has 108 valence electrons. The van der Waals surface area contributed by atoms with Gasteiger partial charge in [-0.05, 0) is 38.1 Å². The van der Waals surface area contributed by atoms with Crippen molar-refractivity contribution in [1.82, 2.24) is 0 Å². The average Bonchev–Trinajstić information content (AvgIpc) is 2.83. The molecule has 1 unspecified atom stereocenters. The third-order valence-electron chi connectivity index (χ3n) is 3.82. The van der Waals surface area contributed by atoms with Crippen LogP contribution in [0.5, 0.6) is 0 Å². The van der Waals surface area contributed by atoms with E-state index >= 15 is 0 Å². The van der Waals surface area contributed by atoms with Gasteiger partial charge in [-0.2, -0.15) is 0 Å². The summed E-state index contributed by atoms with van der Waals surface area (Å²) in [6.07, 6.45) is 0.215. The Morgan fingerprint density at radius 2 is 1.90 bits per heavy atom. The Morgan fingerprint density at radius 3 is 2.35 bits per heavy atom. The van der Waals surface area contributed by atoms with Crippen LogP contribution in [0.2, 0.25) is 0 Å². The van der Waals surface area contributed by atoms with Gasteiger partial charge in [0.1, 0.15) is 0 Å². The maximum Gasteiger partial charge on any atom is 0.227 e. The molecule has 2 N–H and O–H groups in total. The molecule has 0 aliphatic carbocycles. The van der Waals surface area contributed by atoms with E-state index in [1.165, 1.54) is 0 Å². The van der Waals surface area contributed by atoms with Crippen LogP contribution in [-0.4, -0.2) is 31.4 Å². The Labute approximate surface area is 119 Å². The first-order valence-electron chi connectivity index (χ1n) is 7.01. The van der Waals surface area contributed by atoms with Gasteiger partial charge in [0.05, 0.1) is 5.92 Å². The summed E-state index contributed by atoms with van der Waals surface area (Å²) in [7, 11) is 0. The number of primary amides is 1. The Hall–Kier alpha value is -2.04. The van der Waals surface area contributed by atoms with E-state index in [1.54, 1.807) is 4.90 Å². The Kier molecular flexibility index (Phi) is 4.27. The predicted octanol–water partition coefficient (Wildman–Crippen LogP) is 1.37. The Morgan fingerprint density at radius 1 is 1.30 bits per heavy atom. The highest BCUT2D eigenvalue weighted by Gasteiger charge is 2.33. The number of nitrogens with two attached hydrogens (primary N) is 1. The largest absolute Gasteiger partial charge is 0.372 e. The van der Waals surface area contributed by atoms with E-state index in [0.717, 1.165) is 24.5 Å². The van der Waals surface area contributed by atoms with Gasteiger partial charge < -0.3 is 15.5 Å². The summed E-state index contributed by atoms with van der Waals surface area (Å²) < 4.78 is 0. The molecule has 5 heteroatoms. The maximum absolute atomic E-state index is 11.9. The molecule has 1 heterocycles. The summed E-state index contributed by atoms with van der Waals surface area (Å²) in [6, 6.07) is 7.87. The molecule has 0 saturated carbocycles. The smallest absolute Gasteiger partial charge is 0.227 e. The van der Waals surface area contributed by atoms with E-state index in [2.05, 4.69) is 18.7 Å². The molecule has 1 fully saturated rings. The number of hydrogen-bond donors (Lipinski definition) is 1. The highest BCUT2D eigenvalue weighted by molar-refractivity contribution is 6.00. The van der Waals surface area contributed by atoms with Crippen LogP contribution in [0.1, 0.15) is 20.3 Å². The van der Waals surface area contributed by atoms with Gasteiger partial charge >= 0.3 is 0 Å². The fourth-order valence-electron chi connectivity index (χ4n) is 2.58. The van der Waals surface area contributed by atoms with E-state index in [4.69, 9.17) is 5.73 Å². The molecule has 0 bridgehead atoms. The lowest BCUT2D eigenvalue weighted by Gasteiger charge is -2.22. The van der Waals surface area contributed by atoms with Crippen molar-refractivity contribution >= 4 is 23.2 Å². The SMILES string of the molecule is CCN(CC)c1ccc(N2CC(C(N)=O)CC2=O)cc1. The standard InChI is InChI=1S/C15H21N3O2/c1-3-17(4-2)12-5-7-13(8-6-12)18-10-11(15(16)20)9-14(18)19/h5-8,11H,3-4,9-10H2,1-2H3,(H2,16,20). The van der Waals surface area contributed by atoms with Crippen LogP contribution >= 0.6 is 0 Å². The molecule has 1 aliphatic heterocycles. The van der Waals surface area contributed by atoms with Gasteiger partial charge in [-0.1, -0.05) is 0 Å². The van der Waals surface area contributed by atoms with Gasteiger partial charge in [0.15, 0.2) is 0 Å². The average molecular weight is 275 g/mol. The zero-order valence-electron chi connectivity index (χ0n) is 12.0. The molecule has 1 aromatic carbocycles. The van der Waals surface area contributed by atoms with E-state index in [9.17, 15) is 9.59 Å². The number of nitrogens with zero attached hydrogens (tertiary/aromatic N) is 2. The normalized spacial score (nSPS) is 18.4. The van der Waals surface area contributed by atoms with E-state index in [-0.39, 0.29) is 18.2 Å². The third kappa shape index (κ3) is 2.76. The summed E-state index contributed by atoms with van der Waals surface area (Å²) in [6.45, 7) is 6.50. The molecule has 1 atom stereocenters. The van der Waals surface area contributed by atoms with Gasteiger partial charge in [0.25, 0.3) is 0 Å². The summed E-state index contributed by atoms with van der Waals surface area (Å²) in [4.78, 5) is 27.0. The molecule has 1 aromatic rings. The van der Waals surface area contributed by atoms with E-state index in [0.29, 0.717) is 6.54 Å². The van der Waals surface area contributed by atoms with Crippen LogP contribution < -0.4 is 15.5 Å². The van der Waals surface area contributed by atoms with Gasteiger partial charge in [0.2, 0.25) is 11.8 Å². The van der Waals surface area contributed by atoms with Crippen LogP contribution in [0.4, 0.5) is 11.4 Å². The predicted molar refractivity (Wildman–Crippen MR) is 79.7 cm³/mol. The molecule has 0 aromatic heterocycles. The number of carbonyl (C=O) groups excluding carboxylic acids is 2. The second-order valence-corrected chi connectivity index (χ2v) is 5.00. The quantitative estimate of drug-likeness (QED) is 0.882. The zero-order valence-corrected chi connectivity index (χ0v) is 12.0. The maximum atomic E-state index is 11.9. The van der Waals surface area contributed by atoms with Crippen LogP contribution in [0.25, 0.3) is 0 Å². The lowest BCUT2D eigenvalue weighted by atomic mass is 10.1. The van der Waals surface area contributed by atoms with Crippen molar-refractivity contribution in [2.45, 2.75) is 20.3 Å². The van der Waals surface area contributed by atoms with Crippen molar-refractivity contribution in [3.05, 3.63) is 24.3 Å². The topological polar surface area (TPSA) is 66.6 Å². The molecule has 5 nitrogen and oxygen atoms in total. The molecular formula is C15H21N3O2. The minimum Gasteiger partial charge on any atom is -0.372 e. The molecule has 1 aliphatic rings. The van der Waals surface area contributed by atoms with Crippen molar-refractivity contribution in [1.29, 1.82) is 0 Å². The fraction of sp³-hybridized carbons (Fsp3) is 0.467. The van der Waals surface area contributed by atoms with Crippen molar-refractivity contribution in [3.8, 4) is 0 Å². The van der Waals surface area contributed by atoms with Crippen molar-refractivity contribution in [2.24, 2.45) is 11.7 Å². The molecule has 1 saturated heterocycles. The second-order valence-electron chi connectivity index (χ2n) is 5.00. The number of anilines is 2. The van der Waals surface area contributed by atoms with Crippen LogP contribution in [0.15, 0.2) is 24.3 Å². The minimum absolute atomic E-state index is 0.0376.